The minimum atomic E-state index is -0.00114. The molecule has 5 rings (SSSR count). The van der Waals surface area contributed by atoms with Gasteiger partial charge in [-0.3, -0.25) is 9.59 Å². The molecule has 1 aliphatic rings. The predicted octanol–water partition coefficient (Wildman–Crippen LogP) is 7.27. The summed E-state index contributed by atoms with van der Waals surface area (Å²) in [5.74, 6) is 0.855. The van der Waals surface area contributed by atoms with Crippen molar-refractivity contribution in [2.24, 2.45) is 0 Å². The van der Waals surface area contributed by atoms with E-state index in [1.165, 1.54) is 0 Å². The summed E-state index contributed by atoms with van der Waals surface area (Å²) in [6.45, 7) is 8.71. The number of carbonyl (C=O) groups is 2. The Bertz CT molecular complexity index is 1530. The van der Waals surface area contributed by atoms with E-state index >= 15 is 0 Å². The van der Waals surface area contributed by atoms with E-state index < -0.39 is 0 Å². The maximum Gasteiger partial charge on any atom is 0.270 e. The Morgan fingerprint density at radius 3 is 2.25 bits per heavy atom. The molecule has 3 aromatic carbocycles. The van der Waals surface area contributed by atoms with Gasteiger partial charge in [0.05, 0.1) is 6.61 Å². The Labute approximate surface area is 244 Å². The zero-order valence-electron chi connectivity index (χ0n) is 23.0. The number of H-pyrrole nitrogens is 1. The Morgan fingerprint density at radius 1 is 0.925 bits per heavy atom. The summed E-state index contributed by atoms with van der Waals surface area (Å²) in [4.78, 5) is 32.9. The lowest BCUT2D eigenvalue weighted by Crippen LogP contribution is -2.49. The Morgan fingerprint density at radius 2 is 1.60 bits per heavy atom. The topological polar surface area (TPSA) is 65.6 Å². The van der Waals surface area contributed by atoms with Gasteiger partial charge in [-0.1, -0.05) is 29.3 Å². The fraction of sp³-hybridized carbons (Fsp3) is 0.312. The zero-order chi connectivity index (χ0) is 28.4. The van der Waals surface area contributed by atoms with Crippen molar-refractivity contribution in [3.05, 3.63) is 92.6 Å². The van der Waals surface area contributed by atoms with Gasteiger partial charge in [-0.15, -0.1) is 0 Å². The molecule has 6 nitrogen and oxygen atoms in total. The number of fused-ring (bicyclic) bond motifs is 1. The third kappa shape index (κ3) is 5.98. The van der Waals surface area contributed by atoms with Crippen molar-refractivity contribution in [2.75, 3.05) is 37.7 Å². The molecule has 1 amide bonds. The van der Waals surface area contributed by atoms with Gasteiger partial charge in [-0.2, -0.15) is 0 Å². The number of hydrogen-bond donors (Lipinski definition) is 1. The number of benzene rings is 3. The lowest BCUT2D eigenvalue weighted by molar-refractivity contribution is 0.0740. The van der Waals surface area contributed by atoms with Crippen molar-refractivity contribution < 1.29 is 14.3 Å². The number of halogens is 2. The molecule has 0 bridgehead atoms. The molecule has 208 valence electrons. The number of ether oxygens (including phenoxy) is 1. The summed E-state index contributed by atoms with van der Waals surface area (Å²) in [5.41, 5.74) is 6.22. The van der Waals surface area contributed by atoms with Gasteiger partial charge in [0, 0.05) is 58.4 Å². The molecule has 1 saturated heterocycles. The van der Waals surface area contributed by atoms with E-state index in [4.69, 9.17) is 27.9 Å². The van der Waals surface area contributed by atoms with Crippen LogP contribution in [0.4, 0.5) is 5.69 Å². The van der Waals surface area contributed by atoms with Crippen LogP contribution in [0.15, 0.2) is 54.6 Å². The number of rotatable bonds is 8. The second-order valence-electron chi connectivity index (χ2n) is 10.4. The van der Waals surface area contributed by atoms with Crippen LogP contribution in [-0.4, -0.2) is 54.4 Å². The standard InChI is InChI=1S/C32H33Cl2N3O3/c1-20-17-26(18-21(2)30(20)34)40-16-4-5-28-27-11-8-24(33)19-29(27)35-31(28)32(39)37-14-12-36(13-15-37)25-9-6-23(7-10-25)22(3)38/h6-11,17-19,35H,4-5,12-16H2,1-3H3. The molecule has 0 aliphatic carbocycles. The maximum atomic E-state index is 13.8. The highest BCUT2D eigenvalue weighted by Crippen LogP contribution is 2.29. The number of nitrogens with zero attached hydrogens (tertiary/aromatic N) is 2. The molecule has 40 heavy (non-hydrogen) atoms. The summed E-state index contributed by atoms with van der Waals surface area (Å²) in [7, 11) is 0. The van der Waals surface area contributed by atoms with Gasteiger partial charge in [0.2, 0.25) is 0 Å². The molecule has 1 N–H and O–H groups in total. The van der Waals surface area contributed by atoms with E-state index in [0.29, 0.717) is 42.4 Å². The number of nitrogens with one attached hydrogen (secondary N) is 1. The lowest BCUT2D eigenvalue weighted by Gasteiger charge is -2.36. The number of anilines is 1. The van der Waals surface area contributed by atoms with Gasteiger partial charge in [0.15, 0.2) is 5.78 Å². The van der Waals surface area contributed by atoms with E-state index in [1.807, 2.05) is 73.3 Å². The molecule has 8 heteroatoms. The molecule has 4 aromatic rings. The van der Waals surface area contributed by atoms with Crippen molar-refractivity contribution in [1.82, 2.24) is 9.88 Å². The van der Waals surface area contributed by atoms with Gasteiger partial charge >= 0.3 is 0 Å². The number of piperazine rings is 1. The van der Waals surface area contributed by atoms with E-state index in [0.717, 1.165) is 63.6 Å². The van der Waals surface area contributed by atoms with Crippen LogP contribution in [0.2, 0.25) is 10.0 Å². The molecular formula is C32H33Cl2N3O3. The highest BCUT2D eigenvalue weighted by molar-refractivity contribution is 6.32. The Kier molecular flexibility index (Phi) is 8.38. The van der Waals surface area contributed by atoms with E-state index in [-0.39, 0.29) is 11.7 Å². The average Bonchev–Trinajstić information content (AvgIpc) is 3.31. The average molecular weight is 579 g/mol. The van der Waals surface area contributed by atoms with Crippen LogP contribution in [0.1, 0.15) is 50.9 Å². The first kappa shape index (κ1) is 28.1. The third-order valence-electron chi connectivity index (χ3n) is 7.54. The van der Waals surface area contributed by atoms with Gasteiger partial charge in [0.25, 0.3) is 5.91 Å². The van der Waals surface area contributed by atoms with Gasteiger partial charge in [-0.25, -0.2) is 0 Å². The number of carbonyl (C=O) groups excluding carboxylic acids is 2. The quantitative estimate of drug-likeness (QED) is 0.177. The summed E-state index contributed by atoms with van der Waals surface area (Å²) in [6.07, 6.45) is 1.44. The number of ketones is 1. The number of hydrogen-bond acceptors (Lipinski definition) is 4. The zero-order valence-corrected chi connectivity index (χ0v) is 24.5. The van der Waals surface area contributed by atoms with Gasteiger partial charge < -0.3 is 19.5 Å². The lowest BCUT2D eigenvalue weighted by atomic mass is 10.0. The van der Waals surface area contributed by atoms with Crippen molar-refractivity contribution in [3.8, 4) is 5.75 Å². The van der Waals surface area contributed by atoms with Crippen LogP contribution in [0.3, 0.4) is 0 Å². The van der Waals surface area contributed by atoms with Gasteiger partial charge in [0.1, 0.15) is 11.4 Å². The molecule has 2 heterocycles. The first-order valence-corrected chi connectivity index (χ1v) is 14.3. The van der Waals surface area contributed by atoms with Crippen molar-refractivity contribution in [3.63, 3.8) is 0 Å². The third-order valence-corrected chi connectivity index (χ3v) is 8.37. The molecule has 0 saturated carbocycles. The fourth-order valence-corrected chi connectivity index (χ4v) is 5.61. The van der Waals surface area contributed by atoms with E-state index in [9.17, 15) is 9.59 Å². The number of aromatic nitrogens is 1. The van der Waals surface area contributed by atoms with Crippen LogP contribution in [0, 0.1) is 13.8 Å². The second-order valence-corrected chi connectivity index (χ2v) is 11.2. The number of Topliss-reactive ketones (excluding diaryl/α,β-unsaturated/α-hetero) is 1. The first-order valence-electron chi connectivity index (χ1n) is 13.6. The number of aryl methyl sites for hydroxylation is 3. The fourth-order valence-electron chi connectivity index (χ4n) is 5.33. The summed E-state index contributed by atoms with van der Waals surface area (Å²) in [5, 5.41) is 2.40. The van der Waals surface area contributed by atoms with Crippen molar-refractivity contribution in [1.29, 1.82) is 0 Å². The first-order chi connectivity index (χ1) is 19.2. The highest BCUT2D eigenvalue weighted by atomic mass is 35.5. The minimum Gasteiger partial charge on any atom is -0.494 e. The van der Waals surface area contributed by atoms with Crippen LogP contribution in [0.5, 0.6) is 5.75 Å². The normalized spacial score (nSPS) is 13.6. The summed E-state index contributed by atoms with van der Waals surface area (Å²) < 4.78 is 6.03. The molecule has 0 atom stereocenters. The van der Waals surface area contributed by atoms with E-state index in [2.05, 4.69) is 9.88 Å². The van der Waals surface area contributed by atoms with Crippen molar-refractivity contribution >= 4 is 51.5 Å². The highest BCUT2D eigenvalue weighted by Gasteiger charge is 2.26. The molecule has 0 radical (unpaired) electrons. The molecule has 1 aromatic heterocycles. The maximum absolute atomic E-state index is 13.8. The predicted molar refractivity (Wildman–Crippen MR) is 163 cm³/mol. The Hall–Kier alpha value is -3.48. The van der Waals surface area contributed by atoms with Crippen LogP contribution in [0.25, 0.3) is 10.9 Å². The van der Waals surface area contributed by atoms with Crippen LogP contribution in [-0.2, 0) is 6.42 Å². The summed E-state index contributed by atoms with van der Waals surface area (Å²) >= 11 is 12.6. The molecule has 0 spiro atoms. The molecule has 1 fully saturated rings. The smallest absolute Gasteiger partial charge is 0.270 e. The van der Waals surface area contributed by atoms with Crippen LogP contribution < -0.4 is 9.64 Å². The number of aromatic amines is 1. The van der Waals surface area contributed by atoms with E-state index in [1.54, 1.807) is 6.92 Å². The summed E-state index contributed by atoms with van der Waals surface area (Å²) in [6, 6.07) is 17.3. The van der Waals surface area contributed by atoms with Crippen LogP contribution >= 0.6 is 23.2 Å². The number of amides is 1. The Balaban J connectivity index is 1.27. The molecular weight excluding hydrogens is 545 g/mol. The largest absolute Gasteiger partial charge is 0.494 e. The second kappa shape index (κ2) is 11.9. The van der Waals surface area contributed by atoms with Crippen molar-refractivity contribution in [2.45, 2.75) is 33.6 Å². The van der Waals surface area contributed by atoms with Gasteiger partial charge in [-0.05, 0) is 98.8 Å². The molecule has 1 aliphatic heterocycles. The molecule has 0 unspecified atom stereocenters. The minimum absolute atomic E-state index is 0.00114. The monoisotopic (exact) mass is 577 g/mol. The SMILES string of the molecule is CC(=O)c1ccc(N2CCN(C(=O)c3[nH]c4cc(Cl)ccc4c3CCCOc3cc(C)c(Cl)c(C)c3)CC2)cc1.